The van der Waals surface area contributed by atoms with Crippen molar-refractivity contribution in [3.05, 3.63) is 0 Å². The summed E-state index contributed by atoms with van der Waals surface area (Å²) >= 11 is 0. The van der Waals surface area contributed by atoms with Gasteiger partial charge in [-0.05, 0) is 37.5 Å². The van der Waals surface area contributed by atoms with E-state index in [0.29, 0.717) is 18.9 Å². The maximum atomic E-state index is 11.8. The first-order valence-electron chi connectivity index (χ1n) is 7.85. The van der Waals surface area contributed by atoms with E-state index in [-0.39, 0.29) is 30.1 Å². The lowest BCUT2D eigenvalue weighted by atomic mass is 9.87. The van der Waals surface area contributed by atoms with Gasteiger partial charge in [0.15, 0.2) is 0 Å². The van der Waals surface area contributed by atoms with Crippen molar-refractivity contribution in [1.29, 1.82) is 0 Å². The van der Waals surface area contributed by atoms with Gasteiger partial charge >= 0.3 is 0 Å². The fourth-order valence-corrected chi connectivity index (χ4v) is 2.98. The normalized spacial score (nSPS) is 25.2. The van der Waals surface area contributed by atoms with E-state index in [2.05, 4.69) is 12.2 Å². The van der Waals surface area contributed by atoms with Gasteiger partial charge in [-0.15, -0.1) is 0 Å². The molecule has 3 unspecified atom stereocenters. The number of nitrogens with one attached hydrogen (secondary N) is 1. The lowest BCUT2D eigenvalue weighted by Gasteiger charge is -2.28. The molecule has 1 fully saturated rings. The summed E-state index contributed by atoms with van der Waals surface area (Å²) in [4.78, 5) is 11.8. The minimum absolute atomic E-state index is 0.0538. The maximum absolute atomic E-state index is 11.8. The zero-order valence-electron chi connectivity index (χ0n) is 13.4. The first-order valence-corrected chi connectivity index (χ1v) is 7.85. The third kappa shape index (κ3) is 7.25. The topological polar surface area (TPSA) is 58.6 Å². The summed E-state index contributed by atoms with van der Waals surface area (Å²) in [6.45, 7) is 8.84. The third-order valence-corrected chi connectivity index (χ3v) is 3.95. The molecule has 0 aromatic carbocycles. The maximum Gasteiger partial charge on any atom is 0.246 e. The number of ether oxygens (including phenoxy) is 1. The number of carbonyl (C=O) groups excluding carboxylic acids is 1. The van der Waals surface area contributed by atoms with Gasteiger partial charge in [0, 0.05) is 6.54 Å². The van der Waals surface area contributed by atoms with E-state index in [1.165, 1.54) is 12.8 Å². The Labute approximate surface area is 123 Å². The first kappa shape index (κ1) is 17.4. The number of carbonyl (C=O) groups is 1. The van der Waals surface area contributed by atoms with E-state index >= 15 is 0 Å². The molecule has 1 rings (SSSR count). The van der Waals surface area contributed by atoms with Crippen LogP contribution < -0.4 is 5.32 Å². The molecule has 0 aromatic heterocycles. The second-order valence-electron chi connectivity index (χ2n) is 7.20. The van der Waals surface area contributed by atoms with Crippen molar-refractivity contribution in [1.82, 2.24) is 5.32 Å². The number of hydrogen-bond donors (Lipinski definition) is 2. The van der Waals surface area contributed by atoms with Crippen LogP contribution in [0.3, 0.4) is 0 Å². The Morgan fingerprint density at radius 1 is 1.45 bits per heavy atom. The van der Waals surface area contributed by atoms with Gasteiger partial charge in [0.2, 0.25) is 5.91 Å². The predicted molar refractivity (Wildman–Crippen MR) is 80.5 cm³/mol. The van der Waals surface area contributed by atoms with Gasteiger partial charge in [0.05, 0.1) is 12.2 Å². The van der Waals surface area contributed by atoms with E-state index in [4.69, 9.17) is 4.74 Å². The highest BCUT2D eigenvalue weighted by atomic mass is 16.5. The second kappa shape index (κ2) is 7.99. The van der Waals surface area contributed by atoms with Crippen LogP contribution in [0, 0.1) is 11.3 Å². The van der Waals surface area contributed by atoms with Crippen LogP contribution in [0.2, 0.25) is 0 Å². The van der Waals surface area contributed by atoms with Crippen molar-refractivity contribution in [2.45, 2.75) is 72.0 Å². The molecule has 4 heteroatoms. The van der Waals surface area contributed by atoms with Crippen LogP contribution in [0.25, 0.3) is 0 Å². The van der Waals surface area contributed by atoms with Gasteiger partial charge in [-0.25, -0.2) is 0 Å². The van der Waals surface area contributed by atoms with Crippen LogP contribution >= 0.6 is 0 Å². The molecule has 118 valence electrons. The lowest BCUT2D eigenvalue weighted by molar-refractivity contribution is -0.129. The Balaban J connectivity index is 2.20. The Bertz CT molecular complexity index is 302. The second-order valence-corrected chi connectivity index (χ2v) is 7.20. The van der Waals surface area contributed by atoms with Crippen molar-refractivity contribution < 1.29 is 14.6 Å². The van der Waals surface area contributed by atoms with Crippen LogP contribution in [0.5, 0.6) is 0 Å². The molecule has 1 aliphatic rings. The van der Waals surface area contributed by atoms with Gasteiger partial charge in [-0.2, -0.15) is 0 Å². The van der Waals surface area contributed by atoms with Crippen LogP contribution in [0.1, 0.15) is 59.8 Å². The van der Waals surface area contributed by atoms with E-state index < -0.39 is 0 Å². The number of aliphatic hydroxyl groups is 1. The molecule has 3 atom stereocenters. The van der Waals surface area contributed by atoms with Crippen molar-refractivity contribution in [3.63, 3.8) is 0 Å². The molecule has 0 spiro atoms. The fourth-order valence-electron chi connectivity index (χ4n) is 2.98. The Morgan fingerprint density at radius 2 is 2.15 bits per heavy atom. The molecule has 1 aliphatic carbocycles. The fraction of sp³-hybridized carbons (Fsp3) is 0.938. The molecule has 0 aliphatic heterocycles. The largest absolute Gasteiger partial charge is 0.393 e. The Morgan fingerprint density at radius 3 is 2.75 bits per heavy atom. The number of amides is 1. The highest BCUT2D eigenvalue weighted by Gasteiger charge is 2.22. The van der Waals surface area contributed by atoms with E-state index in [1.807, 2.05) is 13.8 Å². The van der Waals surface area contributed by atoms with Crippen molar-refractivity contribution in [2.24, 2.45) is 11.3 Å². The minimum atomic E-state index is -0.345. The smallest absolute Gasteiger partial charge is 0.246 e. The molecular formula is C16H31NO3. The van der Waals surface area contributed by atoms with E-state index in [0.717, 1.165) is 12.8 Å². The third-order valence-electron chi connectivity index (χ3n) is 3.95. The molecule has 1 amide bonds. The molecule has 0 heterocycles. The molecule has 4 nitrogen and oxygen atoms in total. The summed E-state index contributed by atoms with van der Waals surface area (Å²) in [5.74, 6) is 0.656. The summed E-state index contributed by atoms with van der Waals surface area (Å²) in [7, 11) is 0. The molecule has 0 radical (unpaired) electrons. The standard InChI is InChI=1S/C16H31NO3/c1-12-6-5-7-14(8-12)20-10-15(19)17-11-16(3,4)9-13(2)18/h12-14,18H,5-11H2,1-4H3,(H,17,19). The number of hydrogen-bond acceptors (Lipinski definition) is 3. The van der Waals surface area contributed by atoms with Gasteiger partial charge in [0.1, 0.15) is 6.61 Å². The molecule has 0 bridgehead atoms. The van der Waals surface area contributed by atoms with Gasteiger partial charge in [-0.1, -0.05) is 33.6 Å². The number of aliphatic hydroxyl groups excluding tert-OH is 1. The summed E-state index contributed by atoms with van der Waals surface area (Å²) in [5, 5.41) is 12.3. The van der Waals surface area contributed by atoms with E-state index in [9.17, 15) is 9.90 Å². The average Bonchev–Trinajstić information content (AvgIpc) is 2.32. The summed E-state index contributed by atoms with van der Waals surface area (Å²) in [6.07, 6.45) is 5.20. The van der Waals surface area contributed by atoms with Gasteiger partial charge in [-0.3, -0.25) is 4.79 Å². The van der Waals surface area contributed by atoms with Crippen LogP contribution in [0.4, 0.5) is 0 Å². The zero-order chi connectivity index (χ0) is 15.2. The molecule has 0 saturated heterocycles. The molecule has 0 aromatic rings. The molecular weight excluding hydrogens is 254 g/mol. The van der Waals surface area contributed by atoms with Crippen molar-refractivity contribution in [2.75, 3.05) is 13.2 Å². The van der Waals surface area contributed by atoms with Crippen molar-refractivity contribution in [3.8, 4) is 0 Å². The zero-order valence-corrected chi connectivity index (χ0v) is 13.4. The van der Waals surface area contributed by atoms with Crippen LogP contribution in [0.15, 0.2) is 0 Å². The van der Waals surface area contributed by atoms with Crippen LogP contribution in [-0.2, 0) is 9.53 Å². The first-order chi connectivity index (χ1) is 9.28. The van der Waals surface area contributed by atoms with Crippen LogP contribution in [-0.4, -0.2) is 36.4 Å². The quantitative estimate of drug-likeness (QED) is 0.755. The highest BCUT2D eigenvalue weighted by Crippen LogP contribution is 2.25. The highest BCUT2D eigenvalue weighted by molar-refractivity contribution is 5.77. The molecule has 1 saturated carbocycles. The molecule has 2 N–H and O–H groups in total. The SMILES string of the molecule is CC(O)CC(C)(C)CNC(=O)COC1CCCC(C)C1. The Hall–Kier alpha value is -0.610. The summed E-state index contributed by atoms with van der Waals surface area (Å²) in [5.41, 5.74) is -0.0941. The Kier molecular flexibility index (Phi) is 6.96. The van der Waals surface area contributed by atoms with Crippen molar-refractivity contribution >= 4 is 5.91 Å². The number of rotatable bonds is 7. The monoisotopic (exact) mass is 285 g/mol. The summed E-state index contributed by atoms with van der Waals surface area (Å²) < 4.78 is 5.70. The lowest BCUT2D eigenvalue weighted by Crippen LogP contribution is -2.38. The molecule has 20 heavy (non-hydrogen) atoms. The van der Waals surface area contributed by atoms with Gasteiger partial charge < -0.3 is 15.2 Å². The average molecular weight is 285 g/mol. The van der Waals surface area contributed by atoms with Gasteiger partial charge in [0.25, 0.3) is 0 Å². The van der Waals surface area contributed by atoms with E-state index in [1.54, 1.807) is 6.92 Å². The summed E-state index contributed by atoms with van der Waals surface area (Å²) in [6, 6.07) is 0. The predicted octanol–water partition coefficient (Wildman–Crippen LogP) is 2.50. The minimum Gasteiger partial charge on any atom is -0.393 e.